The van der Waals surface area contributed by atoms with Crippen LogP contribution in [0.1, 0.15) is 26.2 Å². The van der Waals surface area contributed by atoms with Gasteiger partial charge in [-0.15, -0.1) is 0 Å². The van der Waals surface area contributed by atoms with E-state index in [1.807, 2.05) is 17.8 Å². The lowest BCUT2D eigenvalue weighted by atomic mass is 10.2. The lowest BCUT2D eigenvalue weighted by Gasteiger charge is -2.21. The zero-order valence-corrected chi connectivity index (χ0v) is 12.4. The number of halogens is 1. The standard InChI is InChI=1S/C12H18BrN3S/c1-2-17-11-5-3-4-10(11)16-12-9(14)6-8(13)7-15-12/h6-7,10-11H,2-5,14H2,1H3,(H,15,16). The molecule has 1 aliphatic rings. The molecule has 1 saturated carbocycles. The Hall–Kier alpha value is -0.420. The molecule has 0 aliphatic heterocycles. The number of rotatable bonds is 4. The number of aromatic nitrogens is 1. The van der Waals surface area contributed by atoms with E-state index >= 15 is 0 Å². The predicted molar refractivity (Wildman–Crippen MR) is 79.5 cm³/mol. The molecule has 1 heterocycles. The SMILES string of the molecule is CCSC1CCCC1Nc1ncc(Br)cc1N. The minimum Gasteiger partial charge on any atom is -0.396 e. The molecule has 1 aliphatic carbocycles. The second-order valence-corrected chi connectivity index (χ2v) is 6.70. The third kappa shape index (κ3) is 3.28. The van der Waals surface area contributed by atoms with E-state index in [0.29, 0.717) is 17.0 Å². The molecule has 1 aromatic rings. The summed E-state index contributed by atoms with van der Waals surface area (Å²) in [6, 6.07) is 2.41. The van der Waals surface area contributed by atoms with Gasteiger partial charge in [-0.2, -0.15) is 11.8 Å². The molecule has 17 heavy (non-hydrogen) atoms. The summed E-state index contributed by atoms with van der Waals surface area (Å²) in [4.78, 5) is 4.34. The van der Waals surface area contributed by atoms with Crippen molar-refractivity contribution in [3.8, 4) is 0 Å². The number of hydrogen-bond acceptors (Lipinski definition) is 4. The van der Waals surface area contributed by atoms with E-state index in [0.717, 1.165) is 10.3 Å². The Morgan fingerprint density at radius 1 is 1.59 bits per heavy atom. The van der Waals surface area contributed by atoms with Gasteiger partial charge < -0.3 is 11.1 Å². The summed E-state index contributed by atoms with van der Waals surface area (Å²) in [5.74, 6) is 1.99. The molecule has 1 aromatic heterocycles. The first kappa shape index (κ1) is 13.0. The second-order valence-electron chi connectivity index (χ2n) is 4.27. The maximum atomic E-state index is 5.96. The summed E-state index contributed by atoms with van der Waals surface area (Å²) < 4.78 is 0.923. The molecule has 0 bridgehead atoms. The van der Waals surface area contributed by atoms with Gasteiger partial charge in [0.2, 0.25) is 0 Å². The van der Waals surface area contributed by atoms with E-state index in [1.165, 1.54) is 25.0 Å². The third-order valence-corrected chi connectivity index (χ3v) is 4.80. The van der Waals surface area contributed by atoms with E-state index in [9.17, 15) is 0 Å². The molecule has 1 fully saturated rings. The molecule has 2 unspecified atom stereocenters. The van der Waals surface area contributed by atoms with E-state index < -0.39 is 0 Å². The van der Waals surface area contributed by atoms with Crippen molar-refractivity contribution in [2.24, 2.45) is 0 Å². The third-order valence-electron chi connectivity index (χ3n) is 3.04. The summed E-state index contributed by atoms with van der Waals surface area (Å²) in [7, 11) is 0. The van der Waals surface area contributed by atoms with Gasteiger partial charge in [-0.05, 0) is 40.6 Å². The van der Waals surface area contributed by atoms with Gasteiger partial charge in [0.05, 0.1) is 5.69 Å². The maximum absolute atomic E-state index is 5.96. The van der Waals surface area contributed by atoms with E-state index in [-0.39, 0.29) is 0 Å². The number of pyridine rings is 1. The van der Waals surface area contributed by atoms with Crippen LogP contribution in [-0.2, 0) is 0 Å². The summed E-state index contributed by atoms with van der Waals surface area (Å²) in [6.45, 7) is 2.21. The quantitative estimate of drug-likeness (QED) is 0.892. The fraction of sp³-hybridized carbons (Fsp3) is 0.583. The van der Waals surface area contributed by atoms with Crippen LogP contribution in [0.15, 0.2) is 16.7 Å². The predicted octanol–water partition coefficient (Wildman–Crippen LogP) is 3.51. The van der Waals surface area contributed by atoms with Crippen LogP contribution in [0.5, 0.6) is 0 Å². The molecule has 94 valence electrons. The highest BCUT2D eigenvalue weighted by molar-refractivity contribution is 9.10. The zero-order chi connectivity index (χ0) is 12.3. The number of nitrogen functional groups attached to an aromatic ring is 1. The molecular weight excluding hydrogens is 298 g/mol. The fourth-order valence-corrected chi connectivity index (χ4v) is 3.80. The Morgan fingerprint density at radius 3 is 3.12 bits per heavy atom. The molecule has 0 amide bonds. The van der Waals surface area contributed by atoms with Crippen LogP contribution in [0.2, 0.25) is 0 Å². The van der Waals surface area contributed by atoms with Crippen molar-refractivity contribution >= 4 is 39.2 Å². The van der Waals surface area contributed by atoms with E-state index in [1.54, 1.807) is 6.20 Å². The summed E-state index contributed by atoms with van der Waals surface area (Å²) >= 11 is 5.41. The van der Waals surface area contributed by atoms with Gasteiger partial charge in [0.1, 0.15) is 5.82 Å². The zero-order valence-electron chi connectivity index (χ0n) is 9.95. The van der Waals surface area contributed by atoms with Crippen molar-refractivity contribution in [1.82, 2.24) is 4.98 Å². The van der Waals surface area contributed by atoms with E-state index in [2.05, 4.69) is 33.2 Å². The summed E-state index contributed by atoms with van der Waals surface area (Å²) in [5.41, 5.74) is 6.67. The van der Waals surface area contributed by atoms with Crippen LogP contribution in [0.4, 0.5) is 11.5 Å². The van der Waals surface area contributed by atoms with Gasteiger partial charge in [-0.1, -0.05) is 13.3 Å². The highest BCUT2D eigenvalue weighted by Gasteiger charge is 2.27. The lowest BCUT2D eigenvalue weighted by molar-refractivity contribution is 0.763. The fourth-order valence-electron chi connectivity index (χ4n) is 2.26. The highest BCUT2D eigenvalue weighted by atomic mass is 79.9. The van der Waals surface area contributed by atoms with Gasteiger partial charge in [0, 0.05) is 22.0 Å². The number of hydrogen-bond donors (Lipinski definition) is 2. The smallest absolute Gasteiger partial charge is 0.149 e. The Labute approximate surface area is 115 Å². The van der Waals surface area contributed by atoms with Gasteiger partial charge in [-0.25, -0.2) is 4.98 Å². The highest BCUT2D eigenvalue weighted by Crippen LogP contribution is 2.33. The monoisotopic (exact) mass is 315 g/mol. The van der Waals surface area contributed by atoms with E-state index in [4.69, 9.17) is 5.73 Å². The topological polar surface area (TPSA) is 50.9 Å². The van der Waals surface area contributed by atoms with Crippen LogP contribution < -0.4 is 11.1 Å². The normalized spacial score (nSPS) is 23.9. The largest absolute Gasteiger partial charge is 0.396 e. The minimum absolute atomic E-state index is 0.510. The first-order valence-corrected chi connectivity index (χ1v) is 7.84. The molecule has 2 atom stereocenters. The first-order chi connectivity index (χ1) is 8.20. The number of thioether (sulfide) groups is 1. The van der Waals surface area contributed by atoms with Crippen molar-refractivity contribution in [2.75, 3.05) is 16.8 Å². The number of nitrogens with one attached hydrogen (secondary N) is 1. The Bertz CT molecular complexity index is 386. The molecule has 0 aromatic carbocycles. The van der Waals surface area contributed by atoms with Gasteiger partial charge >= 0.3 is 0 Å². The van der Waals surface area contributed by atoms with Gasteiger partial charge in [-0.3, -0.25) is 0 Å². The molecule has 5 heteroatoms. The maximum Gasteiger partial charge on any atom is 0.149 e. The Balaban J connectivity index is 2.04. The Kier molecular flexibility index (Phi) is 4.56. The number of nitrogens with zero attached hydrogens (tertiary/aromatic N) is 1. The number of anilines is 2. The molecule has 0 spiro atoms. The average molecular weight is 316 g/mol. The van der Waals surface area contributed by atoms with Crippen LogP contribution in [-0.4, -0.2) is 22.0 Å². The lowest BCUT2D eigenvalue weighted by Crippen LogP contribution is -2.27. The van der Waals surface area contributed by atoms with Crippen LogP contribution >= 0.6 is 27.7 Å². The average Bonchev–Trinajstić information content (AvgIpc) is 2.71. The van der Waals surface area contributed by atoms with Crippen molar-refractivity contribution in [1.29, 1.82) is 0 Å². The van der Waals surface area contributed by atoms with Crippen LogP contribution in [0.3, 0.4) is 0 Å². The van der Waals surface area contributed by atoms with Crippen molar-refractivity contribution in [2.45, 2.75) is 37.5 Å². The van der Waals surface area contributed by atoms with Crippen molar-refractivity contribution < 1.29 is 0 Å². The number of nitrogens with two attached hydrogens (primary N) is 1. The minimum atomic E-state index is 0.510. The van der Waals surface area contributed by atoms with Crippen molar-refractivity contribution in [3.63, 3.8) is 0 Å². The molecule has 3 nitrogen and oxygen atoms in total. The summed E-state index contributed by atoms with van der Waals surface area (Å²) in [5, 5.41) is 4.19. The van der Waals surface area contributed by atoms with Crippen LogP contribution in [0, 0.1) is 0 Å². The molecule has 0 radical (unpaired) electrons. The first-order valence-electron chi connectivity index (χ1n) is 6.00. The molecule has 3 N–H and O–H groups in total. The molecule has 0 saturated heterocycles. The van der Waals surface area contributed by atoms with Gasteiger partial charge in [0.25, 0.3) is 0 Å². The molecule has 2 rings (SSSR count). The summed E-state index contributed by atoms with van der Waals surface area (Å²) in [6.07, 6.45) is 5.60. The Morgan fingerprint density at radius 2 is 2.41 bits per heavy atom. The van der Waals surface area contributed by atoms with Crippen molar-refractivity contribution in [3.05, 3.63) is 16.7 Å². The second kappa shape index (κ2) is 5.96. The van der Waals surface area contributed by atoms with Crippen LogP contribution in [0.25, 0.3) is 0 Å². The van der Waals surface area contributed by atoms with Gasteiger partial charge in [0.15, 0.2) is 0 Å². The molecular formula is C12H18BrN3S.